The van der Waals surface area contributed by atoms with E-state index in [-0.39, 0.29) is 17.1 Å². The SMILES string of the molecule is O=C(NCCCN1CCNCC1)c1c(O)cccc1O. The molecule has 20 heavy (non-hydrogen) atoms. The quantitative estimate of drug-likeness (QED) is 0.576. The molecule has 4 N–H and O–H groups in total. The van der Waals surface area contributed by atoms with Crippen LogP contribution in [0.3, 0.4) is 0 Å². The summed E-state index contributed by atoms with van der Waals surface area (Å²) in [7, 11) is 0. The molecule has 0 bridgehead atoms. The maximum Gasteiger partial charge on any atom is 0.258 e. The monoisotopic (exact) mass is 279 g/mol. The maximum atomic E-state index is 11.9. The minimum Gasteiger partial charge on any atom is -0.507 e. The van der Waals surface area contributed by atoms with Gasteiger partial charge in [-0.3, -0.25) is 4.79 Å². The Kier molecular flexibility index (Phi) is 5.20. The first-order chi connectivity index (χ1) is 9.68. The zero-order chi connectivity index (χ0) is 14.4. The zero-order valence-corrected chi connectivity index (χ0v) is 11.4. The molecule has 0 atom stereocenters. The van der Waals surface area contributed by atoms with E-state index in [1.807, 2.05) is 0 Å². The number of phenols is 2. The number of piperazine rings is 1. The fraction of sp³-hybridized carbons (Fsp3) is 0.500. The van der Waals surface area contributed by atoms with E-state index in [2.05, 4.69) is 15.5 Å². The van der Waals surface area contributed by atoms with Crippen molar-refractivity contribution >= 4 is 5.91 Å². The lowest BCUT2D eigenvalue weighted by Crippen LogP contribution is -2.44. The Morgan fingerprint density at radius 3 is 2.55 bits per heavy atom. The van der Waals surface area contributed by atoms with E-state index in [1.54, 1.807) is 0 Å². The van der Waals surface area contributed by atoms with Crippen molar-refractivity contribution in [3.63, 3.8) is 0 Å². The molecule has 1 aliphatic heterocycles. The summed E-state index contributed by atoms with van der Waals surface area (Å²) in [4.78, 5) is 14.2. The van der Waals surface area contributed by atoms with Crippen molar-refractivity contribution < 1.29 is 15.0 Å². The van der Waals surface area contributed by atoms with Crippen LogP contribution in [0.2, 0.25) is 0 Å². The average Bonchev–Trinajstić information content (AvgIpc) is 2.44. The predicted molar refractivity (Wildman–Crippen MR) is 76.0 cm³/mol. The van der Waals surface area contributed by atoms with Gasteiger partial charge in [0.05, 0.1) is 0 Å². The third-order valence-corrected chi connectivity index (χ3v) is 3.39. The molecule has 1 aromatic rings. The molecule has 1 aliphatic rings. The van der Waals surface area contributed by atoms with Crippen LogP contribution in [0.25, 0.3) is 0 Å². The van der Waals surface area contributed by atoms with E-state index in [4.69, 9.17) is 0 Å². The summed E-state index contributed by atoms with van der Waals surface area (Å²) in [5, 5.41) is 25.2. The van der Waals surface area contributed by atoms with Gasteiger partial charge in [0.1, 0.15) is 17.1 Å². The summed E-state index contributed by atoms with van der Waals surface area (Å²) < 4.78 is 0. The highest BCUT2D eigenvalue weighted by atomic mass is 16.3. The van der Waals surface area contributed by atoms with Crippen LogP contribution in [0, 0.1) is 0 Å². The van der Waals surface area contributed by atoms with E-state index in [9.17, 15) is 15.0 Å². The predicted octanol–water partition coefficient (Wildman–Crippen LogP) is 0.123. The van der Waals surface area contributed by atoms with Gasteiger partial charge < -0.3 is 25.7 Å². The van der Waals surface area contributed by atoms with Crippen LogP contribution in [0.4, 0.5) is 0 Å². The summed E-state index contributed by atoms with van der Waals surface area (Å²) in [6.45, 7) is 5.56. The molecule has 1 fully saturated rings. The van der Waals surface area contributed by atoms with Crippen LogP contribution >= 0.6 is 0 Å². The second-order valence-corrected chi connectivity index (χ2v) is 4.87. The third-order valence-electron chi connectivity index (χ3n) is 3.39. The normalized spacial score (nSPS) is 16.0. The van der Waals surface area contributed by atoms with Crippen molar-refractivity contribution in [2.24, 2.45) is 0 Å². The molecule has 1 heterocycles. The van der Waals surface area contributed by atoms with E-state index >= 15 is 0 Å². The Morgan fingerprint density at radius 2 is 1.90 bits per heavy atom. The van der Waals surface area contributed by atoms with E-state index in [0.29, 0.717) is 6.54 Å². The molecule has 0 radical (unpaired) electrons. The van der Waals surface area contributed by atoms with Crippen molar-refractivity contribution in [2.75, 3.05) is 39.3 Å². The fourth-order valence-corrected chi connectivity index (χ4v) is 2.29. The number of benzene rings is 1. The highest BCUT2D eigenvalue weighted by Gasteiger charge is 2.15. The molecule has 0 saturated carbocycles. The molecule has 0 aromatic heterocycles. The lowest BCUT2D eigenvalue weighted by molar-refractivity contribution is 0.0946. The van der Waals surface area contributed by atoms with Crippen LogP contribution in [0.1, 0.15) is 16.8 Å². The second kappa shape index (κ2) is 7.12. The largest absolute Gasteiger partial charge is 0.507 e. The van der Waals surface area contributed by atoms with Crippen molar-refractivity contribution in [3.8, 4) is 11.5 Å². The van der Waals surface area contributed by atoms with Gasteiger partial charge in [-0.1, -0.05) is 6.07 Å². The second-order valence-electron chi connectivity index (χ2n) is 4.87. The van der Waals surface area contributed by atoms with Crippen LogP contribution in [-0.4, -0.2) is 60.3 Å². The zero-order valence-electron chi connectivity index (χ0n) is 11.4. The number of nitrogens with zero attached hydrogens (tertiary/aromatic N) is 1. The number of rotatable bonds is 5. The first kappa shape index (κ1) is 14.6. The number of carbonyl (C=O) groups is 1. The molecular weight excluding hydrogens is 258 g/mol. The highest BCUT2D eigenvalue weighted by Crippen LogP contribution is 2.25. The van der Waals surface area contributed by atoms with Gasteiger partial charge in [0, 0.05) is 32.7 Å². The molecule has 0 unspecified atom stereocenters. The summed E-state index contributed by atoms with van der Waals surface area (Å²) >= 11 is 0. The lowest BCUT2D eigenvalue weighted by Gasteiger charge is -2.27. The van der Waals surface area contributed by atoms with Crippen molar-refractivity contribution in [3.05, 3.63) is 23.8 Å². The molecule has 1 saturated heterocycles. The Labute approximate surface area is 118 Å². The van der Waals surface area contributed by atoms with Gasteiger partial charge in [-0.05, 0) is 25.1 Å². The number of hydrogen-bond donors (Lipinski definition) is 4. The van der Waals surface area contributed by atoms with Gasteiger partial charge >= 0.3 is 0 Å². The van der Waals surface area contributed by atoms with Crippen molar-refractivity contribution in [2.45, 2.75) is 6.42 Å². The average molecular weight is 279 g/mol. The fourth-order valence-electron chi connectivity index (χ4n) is 2.29. The Morgan fingerprint density at radius 1 is 1.25 bits per heavy atom. The summed E-state index contributed by atoms with van der Waals surface area (Å²) in [5.41, 5.74) is -0.0605. The molecule has 1 aromatic carbocycles. The number of carbonyl (C=O) groups excluding carboxylic acids is 1. The van der Waals surface area contributed by atoms with Crippen molar-refractivity contribution in [1.82, 2.24) is 15.5 Å². The third kappa shape index (κ3) is 3.85. The van der Waals surface area contributed by atoms with E-state index < -0.39 is 5.91 Å². The topological polar surface area (TPSA) is 84.8 Å². The van der Waals surface area contributed by atoms with Gasteiger partial charge in [0.15, 0.2) is 0 Å². The number of amides is 1. The van der Waals surface area contributed by atoms with Gasteiger partial charge in [-0.2, -0.15) is 0 Å². The minimum atomic E-state index is -0.444. The van der Waals surface area contributed by atoms with Gasteiger partial charge in [0.25, 0.3) is 5.91 Å². The first-order valence-corrected chi connectivity index (χ1v) is 6.90. The van der Waals surface area contributed by atoms with Crippen LogP contribution in [0.5, 0.6) is 11.5 Å². The Balaban J connectivity index is 1.75. The van der Waals surface area contributed by atoms with Gasteiger partial charge in [-0.25, -0.2) is 0 Å². The van der Waals surface area contributed by atoms with Crippen LogP contribution in [0.15, 0.2) is 18.2 Å². The maximum absolute atomic E-state index is 11.9. The summed E-state index contributed by atoms with van der Waals surface area (Å²) in [6, 6.07) is 4.26. The van der Waals surface area contributed by atoms with Gasteiger partial charge in [-0.15, -0.1) is 0 Å². The minimum absolute atomic E-state index is 0.0605. The molecule has 6 nitrogen and oxygen atoms in total. The molecular formula is C14H21N3O3. The standard InChI is InChI=1S/C14H21N3O3/c18-11-3-1-4-12(19)13(11)14(20)16-5-2-8-17-9-6-15-7-10-17/h1,3-4,15,18-19H,2,5-10H2,(H,16,20). The Bertz CT molecular complexity index is 439. The molecule has 2 rings (SSSR count). The number of phenolic OH excluding ortho intramolecular Hbond substituents is 2. The van der Waals surface area contributed by atoms with E-state index in [1.165, 1.54) is 18.2 Å². The van der Waals surface area contributed by atoms with Gasteiger partial charge in [0.2, 0.25) is 0 Å². The van der Waals surface area contributed by atoms with Crippen molar-refractivity contribution in [1.29, 1.82) is 0 Å². The van der Waals surface area contributed by atoms with Crippen LogP contribution in [-0.2, 0) is 0 Å². The summed E-state index contributed by atoms with van der Waals surface area (Å²) in [5.74, 6) is -0.852. The molecule has 0 aliphatic carbocycles. The molecule has 1 amide bonds. The van der Waals surface area contributed by atoms with E-state index in [0.717, 1.165) is 39.1 Å². The lowest BCUT2D eigenvalue weighted by atomic mass is 10.1. The molecule has 6 heteroatoms. The highest BCUT2D eigenvalue weighted by molar-refractivity contribution is 5.99. The smallest absolute Gasteiger partial charge is 0.258 e. The molecule has 0 spiro atoms. The number of nitrogens with one attached hydrogen (secondary N) is 2. The molecule has 110 valence electrons. The first-order valence-electron chi connectivity index (χ1n) is 6.90. The number of hydrogen-bond acceptors (Lipinski definition) is 5. The summed E-state index contributed by atoms with van der Waals surface area (Å²) in [6.07, 6.45) is 0.847. The Hall–Kier alpha value is -1.79. The van der Waals surface area contributed by atoms with Crippen LogP contribution < -0.4 is 10.6 Å². The number of aromatic hydroxyl groups is 2.